The Balaban J connectivity index is 1.66. The molecule has 1 aliphatic rings. The molecule has 1 fully saturated rings. The summed E-state index contributed by atoms with van der Waals surface area (Å²) in [6.07, 6.45) is 7.54. The van der Waals surface area contributed by atoms with Crippen molar-refractivity contribution in [3.8, 4) is 5.69 Å². The van der Waals surface area contributed by atoms with Gasteiger partial charge in [0.05, 0.1) is 17.7 Å². The fourth-order valence-corrected chi connectivity index (χ4v) is 5.87. The third kappa shape index (κ3) is 5.67. The fraction of sp³-hybridized carbons (Fsp3) is 0.462. The molecule has 0 saturated heterocycles. The lowest BCUT2D eigenvalue weighted by atomic mass is 9.79. The number of ether oxygens (including phenoxy) is 1. The van der Waals surface area contributed by atoms with Crippen LogP contribution in [-0.4, -0.2) is 28.3 Å². The van der Waals surface area contributed by atoms with Crippen LogP contribution in [0.3, 0.4) is 0 Å². The number of amides is 1. The van der Waals surface area contributed by atoms with Gasteiger partial charge in [-0.05, 0) is 62.8 Å². The lowest BCUT2D eigenvalue weighted by molar-refractivity contribution is -0.121. The number of nitrogens with zero attached hydrogens (tertiary/aromatic N) is 2. The molecule has 9 heteroatoms. The Morgan fingerprint density at radius 2 is 1.89 bits per heavy atom. The maximum Gasteiger partial charge on any atom is 0.359 e. The van der Waals surface area contributed by atoms with Crippen molar-refractivity contribution in [2.75, 3.05) is 11.9 Å². The minimum absolute atomic E-state index is 0.0533. The third-order valence-corrected chi connectivity index (χ3v) is 8.04. The molecule has 35 heavy (non-hydrogen) atoms. The van der Waals surface area contributed by atoms with Crippen molar-refractivity contribution >= 4 is 54.9 Å². The Kier molecular flexibility index (Phi) is 8.38. The first-order valence-electron chi connectivity index (χ1n) is 12.2. The van der Waals surface area contributed by atoms with Crippen LogP contribution in [0.15, 0.2) is 38.9 Å². The molecule has 0 bridgehead atoms. The average Bonchev–Trinajstić information content (AvgIpc) is 3.28. The van der Waals surface area contributed by atoms with Crippen LogP contribution in [0.4, 0.5) is 5.00 Å². The molecule has 1 aromatic carbocycles. The second kappa shape index (κ2) is 11.5. The topological polar surface area (TPSA) is 90.3 Å². The molecular weight excluding hydrogens is 530 g/mol. The van der Waals surface area contributed by atoms with Crippen molar-refractivity contribution in [3.05, 3.63) is 50.2 Å². The number of nitrogens with one attached hydrogen (secondary N) is 1. The number of rotatable bonds is 8. The van der Waals surface area contributed by atoms with E-state index in [1.54, 1.807) is 36.6 Å². The van der Waals surface area contributed by atoms with Crippen molar-refractivity contribution in [3.63, 3.8) is 0 Å². The summed E-state index contributed by atoms with van der Waals surface area (Å²) in [7, 11) is 0. The molecule has 1 saturated carbocycles. The number of unbranched alkanes of at least 4 members (excludes halogenated alkanes) is 1. The monoisotopic (exact) mass is 559 g/mol. The fourth-order valence-electron chi connectivity index (χ4n) is 4.67. The molecular formula is C26H30BrN3O4S. The van der Waals surface area contributed by atoms with Gasteiger partial charge in [-0.1, -0.05) is 42.1 Å². The van der Waals surface area contributed by atoms with Crippen molar-refractivity contribution in [1.82, 2.24) is 9.78 Å². The first-order chi connectivity index (χ1) is 16.9. The van der Waals surface area contributed by atoms with Crippen molar-refractivity contribution in [1.29, 1.82) is 0 Å². The van der Waals surface area contributed by atoms with E-state index < -0.39 is 11.5 Å². The van der Waals surface area contributed by atoms with Gasteiger partial charge in [0, 0.05) is 21.2 Å². The van der Waals surface area contributed by atoms with Crippen molar-refractivity contribution in [2.24, 2.45) is 11.8 Å². The quantitative estimate of drug-likeness (QED) is 0.326. The smallest absolute Gasteiger partial charge is 0.359 e. The van der Waals surface area contributed by atoms with Crippen LogP contribution in [0, 0.1) is 11.8 Å². The number of benzene rings is 1. The molecule has 186 valence electrons. The zero-order chi connectivity index (χ0) is 24.9. The summed E-state index contributed by atoms with van der Waals surface area (Å²) < 4.78 is 7.25. The molecule has 0 unspecified atom stereocenters. The number of fused-ring (bicyclic) bond motifs is 1. The maximum atomic E-state index is 13.5. The second-order valence-electron chi connectivity index (χ2n) is 8.97. The Morgan fingerprint density at radius 1 is 1.17 bits per heavy atom. The van der Waals surface area contributed by atoms with Gasteiger partial charge in [0.15, 0.2) is 5.69 Å². The second-order valence-corrected chi connectivity index (χ2v) is 10.8. The summed E-state index contributed by atoms with van der Waals surface area (Å²) in [6.45, 7) is 4.11. The van der Waals surface area contributed by atoms with Crippen molar-refractivity contribution < 1.29 is 14.3 Å². The van der Waals surface area contributed by atoms with Gasteiger partial charge in [0.2, 0.25) is 5.91 Å². The number of halogens is 1. The Hall–Kier alpha value is -2.52. The SMILES string of the molecule is CCCCC1CCC(C(=O)Nc2scc3c(C(=O)OCC)nn(-c4ccc(Br)cc4)c(=O)c23)CC1. The number of thiophene rings is 1. The molecule has 4 rings (SSSR count). The van der Waals surface area contributed by atoms with Gasteiger partial charge >= 0.3 is 5.97 Å². The first kappa shape index (κ1) is 25.6. The molecule has 2 heterocycles. The molecule has 0 atom stereocenters. The first-order valence-corrected chi connectivity index (χ1v) is 13.9. The number of hydrogen-bond donors (Lipinski definition) is 1. The third-order valence-electron chi connectivity index (χ3n) is 6.61. The highest BCUT2D eigenvalue weighted by Gasteiger charge is 2.28. The zero-order valence-electron chi connectivity index (χ0n) is 20.0. The van der Waals surface area contributed by atoms with Crippen LogP contribution in [0.5, 0.6) is 0 Å². The van der Waals surface area contributed by atoms with Crippen LogP contribution in [0.25, 0.3) is 16.5 Å². The van der Waals surface area contributed by atoms with Gasteiger partial charge < -0.3 is 10.1 Å². The Bertz CT molecular complexity index is 1260. The summed E-state index contributed by atoms with van der Waals surface area (Å²) in [5.41, 5.74) is 0.173. The predicted octanol–water partition coefficient (Wildman–Crippen LogP) is 6.32. The average molecular weight is 561 g/mol. The van der Waals surface area contributed by atoms with Crippen LogP contribution < -0.4 is 10.9 Å². The Morgan fingerprint density at radius 3 is 2.54 bits per heavy atom. The van der Waals surface area contributed by atoms with E-state index >= 15 is 0 Å². The van der Waals surface area contributed by atoms with Gasteiger partial charge in [-0.2, -0.15) is 9.78 Å². The number of hydrogen-bond acceptors (Lipinski definition) is 6. The van der Waals surface area contributed by atoms with Crippen molar-refractivity contribution in [2.45, 2.75) is 58.8 Å². The summed E-state index contributed by atoms with van der Waals surface area (Å²) in [5, 5.41) is 10.2. The maximum absolute atomic E-state index is 13.5. The van der Waals surface area contributed by atoms with E-state index in [1.807, 2.05) is 0 Å². The molecule has 0 radical (unpaired) electrons. The molecule has 0 aliphatic heterocycles. The van der Waals surface area contributed by atoms with E-state index in [-0.39, 0.29) is 29.5 Å². The minimum atomic E-state index is -0.607. The molecule has 0 spiro atoms. The Labute approximate surface area is 217 Å². The largest absolute Gasteiger partial charge is 0.461 e. The standard InChI is InChI=1S/C26H30BrN3O4S/c1-3-5-6-16-7-9-17(10-8-16)23(31)28-24-21-20(15-35-24)22(26(33)34-4-2)29-30(25(21)32)19-13-11-18(27)12-14-19/h11-17H,3-10H2,1-2H3,(H,28,31). The van der Waals surface area contributed by atoms with Gasteiger partial charge in [-0.25, -0.2) is 4.79 Å². The summed E-state index contributed by atoms with van der Waals surface area (Å²) in [5.74, 6) is -0.0285. The number of carbonyl (C=O) groups excluding carboxylic acids is 2. The summed E-state index contributed by atoms with van der Waals surface area (Å²) in [4.78, 5) is 39.4. The van der Waals surface area contributed by atoms with E-state index in [1.165, 1.54) is 35.3 Å². The zero-order valence-corrected chi connectivity index (χ0v) is 22.4. The molecule has 1 aliphatic carbocycles. The highest BCUT2D eigenvalue weighted by molar-refractivity contribution is 9.10. The summed E-state index contributed by atoms with van der Waals surface area (Å²) in [6, 6.07) is 7.07. The van der Waals surface area contributed by atoms with Crippen LogP contribution in [0.2, 0.25) is 0 Å². The lowest BCUT2D eigenvalue weighted by Crippen LogP contribution is -2.28. The molecule has 1 N–H and O–H groups in total. The van der Waals surface area contributed by atoms with E-state index in [9.17, 15) is 14.4 Å². The molecule has 1 amide bonds. The van der Waals surface area contributed by atoms with Gasteiger partial charge in [0.25, 0.3) is 5.56 Å². The van der Waals surface area contributed by atoms with Gasteiger partial charge in [0.1, 0.15) is 5.00 Å². The normalized spacial score (nSPS) is 17.9. The highest BCUT2D eigenvalue weighted by atomic mass is 79.9. The molecule has 7 nitrogen and oxygen atoms in total. The minimum Gasteiger partial charge on any atom is -0.461 e. The van der Waals surface area contributed by atoms with Crippen LogP contribution >= 0.6 is 27.3 Å². The summed E-state index contributed by atoms with van der Waals surface area (Å²) >= 11 is 4.63. The van der Waals surface area contributed by atoms with E-state index in [4.69, 9.17) is 4.74 Å². The lowest BCUT2D eigenvalue weighted by Gasteiger charge is -2.27. The predicted molar refractivity (Wildman–Crippen MR) is 142 cm³/mol. The van der Waals surface area contributed by atoms with Crippen LogP contribution in [-0.2, 0) is 9.53 Å². The van der Waals surface area contributed by atoms with E-state index in [0.717, 1.165) is 30.2 Å². The number of carbonyl (C=O) groups is 2. The number of aromatic nitrogens is 2. The van der Waals surface area contributed by atoms with E-state index in [0.29, 0.717) is 22.0 Å². The highest BCUT2D eigenvalue weighted by Crippen LogP contribution is 2.35. The van der Waals surface area contributed by atoms with E-state index in [2.05, 4.69) is 33.3 Å². The van der Waals surface area contributed by atoms with Crippen LogP contribution in [0.1, 0.15) is 69.3 Å². The van der Waals surface area contributed by atoms with Gasteiger partial charge in [-0.3, -0.25) is 9.59 Å². The number of esters is 1. The molecule has 2 aromatic heterocycles. The molecule has 3 aromatic rings. The number of anilines is 1. The van der Waals surface area contributed by atoms with Gasteiger partial charge in [-0.15, -0.1) is 11.3 Å².